The predicted octanol–water partition coefficient (Wildman–Crippen LogP) is 2.46. The van der Waals surface area contributed by atoms with Crippen LogP contribution in [0.1, 0.15) is 31.7 Å². The van der Waals surface area contributed by atoms with E-state index < -0.39 is 0 Å². The lowest BCUT2D eigenvalue weighted by molar-refractivity contribution is 0.184. The van der Waals surface area contributed by atoms with Gasteiger partial charge in [-0.05, 0) is 49.8 Å². The molecule has 20 heavy (non-hydrogen) atoms. The Morgan fingerprint density at radius 1 is 1.35 bits per heavy atom. The van der Waals surface area contributed by atoms with Gasteiger partial charge in [-0.2, -0.15) is 0 Å². The largest absolute Gasteiger partial charge is 0.396 e. The average molecular weight is 341 g/mol. The highest BCUT2D eigenvalue weighted by Gasteiger charge is 2.33. The molecule has 1 aliphatic rings. The highest BCUT2D eigenvalue weighted by molar-refractivity contribution is 9.10. The van der Waals surface area contributed by atoms with Crippen molar-refractivity contribution in [3.8, 4) is 0 Å². The molecule has 1 fully saturated rings. The zero-order valence-corrected chi connectivity index (χ0v) is 13.7. The summed E-state index contributed by atoms with van der Waals surface area (Å²) in [5.41, 5.74) is 7.19. The first-order chi connectivity index (χ1) is 9.56. The molecule has 0 radical (unpaired) electrons. The summed E-state index contributed by atoms with van der Waals surface area (Å²) in [7, 11) is 0. The van der Waals surface area contributed by atoms with Gasteiger partial charge in [0.1, 0.15) is 0 Å². The number of aliphatic hydroxyl groups is 1. The quantitative estimate of drug-likeness (QED) is 0.745. The van der Waals surface area contributed by atoms with Gasteiger partial charge in [0.25, 0.3) is 0 Å². The molecule has 2 rings (SSSR count). The maximum absolute atomic E-state index is 9.45. The Balaban J connectivity index is 2.02. The zero-order chi connectivity index (χ0) is 14.6. The minimum atomic E-state index is -0.115. The Bertz CT molecular complexity index is 423. The van der Waals surface area contributed by atoms with Crippen LogP contribution in [-0.4, -0.2) is 29.8 Å². The Morgan fingerprint density at radius 2 is 2.05 bits per heavy atom. The van der Waals surface area contributed by atoms with E-state index in [0.717, 1.165) is 23.7 Å². The molecular weight excluding hydrogens is 316 g/mol. The minimum Gasteiger partial charge on any atom is -0.396 e. The lowest BCUT2D eigenvalue weighted by Crippen LogP contribution is -2.55. The number of halogens is 1. The topological polar surface area (TPSA) is 58.3 Å². The van der Waals surface area contributed by atoms with E-state index in [2.05, 4.69) is 52.4 Å². The fraction of sp³-hybridized carbons (Fsp3) is 0.625. The van der Waals surface area contributed by atoms with Crippen molar-refractivity contribution in [3.63, 3.8) is 0 Å². The van der Waals surface area contributed by atoms with Crippen LogP contribution < -0.4 is 11.1 Å². The summed E-state index contributed by atoms with van der Waals surface area (Å²) < 4.78 is 1.10. The Hall–Kier alpha value is -0.420. The van der Waals surface area contributed by atoms with Crippen LogP contribution in [0.25, 0.3) is 0 Å². The van der Waals surface area contributed by atoms with Gasteiger partial charge >= 0.3 is 0 Å². The van der Waals surface area contributed by atoms with Crippen LogP contribution in [0.2, 0.25) is 0 Å². The smallest absolute Gasteiger partial charge is 0.0474 e. The summed E-state index contributed by atoms with van der Waals surface area (Å²) in [5, 5.41) is 13.2. The first-order valence-electron chi connectivity index (χ1n) is 7.39. The van der Waals surface area contributed by atoms with E-state index in [0.29, 0.717) is 18.5 Å². The van der Waals surface area contributed by atoms with Gasteiger partial charge in [-0.1, -0.05) is 34.5 Å². The summed E-state index contributed by atoms with van der Waals surface area (Å²) in [5.74, 6) is 0.380. The molecule has 0 spiro atoms. The Morgan fingerprint density at radius 3 is 2.65 bits per heavy atom. The van der Waals surface area contributed by atoms with Gasteiger partial charge in [0.15, 0.2) is 0 Å². The SMILES string of the molecule is CC(CN)(Cc1ccc(Br)cc1)NC1CCCC1CO. The zero-order valence-electron chi connectivity index (χ0n) is 12.1. The van der Waals surface area contributed by atoms with E-state index in [1.54, 1.807) is 0 Å². The van der Waals surface area contributed by atoms with Crippen molar-refractivity contribution in [1.82, 2.24) is 5.32 Å². The second kappa shape index (κ2) is 7.03. The van der Waals surface area contributed by atoms with Crippen molar-refractivity contribution in [2.75, 3.05) is 13.2 Å². The summed E-state index contributed by atoms with van der Waals surface area (Å²) >= 11 is 3.46. The molecule has 1 aliphatic carbocycles. The third-order valence-electron chi connectivity index (χ3n) is 4.39. The summed E-state index contributed by atoms with van der Waals surface area (Å²) in [6, 6.07) is 8.80. The molecule has 1 aromatic carbocycles. The standard InChI is InChI=1S/C16H25BrN2O/c1-16(11-18,9-12-5-7-14(17)8-6-12)19-15-4-2-3-13(15)10-20/h5-8,13,15,19-20H,2-4,9-11,18H2,1H3. The number of nitrogens with two attached hydrogens (primary N) is 1. The summed E-state index contributed by atoms with van der Waals surface area (Å²) in [6.07, 6.45) is 4.36. The van der Waals surface area contributed by atoms with E-state index in [9.17, 15) is 5.11 Å². The molecule has 1 saturated carbocycles. The Kier molecular flexibility index (Phi) is 5.61. The molecule has 1 aromatic rings. The first kappa shape index (κ1) is 16.0. The van der Waals surface area contributed by atoms with Crippen molar-refractivity contribution in [2.24, 2.45) is 11.7 Å². The number of hydrogen-bond acceptors (Lipinski definition) is 3. The van der Waals surface area contributed by atoms with Crippen molar-refractivity contribution < 1.29 is 5.11 Å². The molecule has 3 atom stereocenters. The first-order valence-corrected chi connectivity index (χ1v) is 8.19. The van der Waals surface area contributed by atoms with Crippen LogP contribution in [0, 0.1) is 5.92 Å². The molecule has 0 bridgehead atoms. The maximum Gasteiger partial charge on any atom is 0.0474 e. The van der Waals surface area contributed by atoms with Crippen molar-refractivity contribution in [3.05, 3.63) is 34.3 Å². The van der Waals surface area contributed by atoms with Crippen LogP contribution >= 0.6 is 15.9 Å². The third kappa shape index (κ3) is 4.04. The Labute approximate surface area is 130 Å². The van der Waals surface area contributed by atoms with Crippen molar-refractivity contribution in [1.29, 1.82) is 0 Å². The summed E-state index contributed by atoms with van der Waals surface area (Å²) in [4.78, 5) is 0. The number of hydrogen-bond donors (Lipinski definition) is 3. The number of benzene rings is 1. The number of nitrogens with one attached hydrogen (secondary N) is 1. The van der Waals surface area contributed by atoms with Crippen LogP contribution in [0.4, 0.5) is 0 Å². The van der Waals surface area contributed by atoms with E-state index in [4.69, 9.17) is 5.73 Å². The molecule has 0 heterocycles. The lowest BCUT2D eigenvalue weighted by atomic mass is 9.90. The molecule has 4 heteroatoms. The van der Waals surface area contributed by atoms with E-state index >= 15 is 0 Å². The summed E-state index contributed by atoms with van der Waals surface area (Å²) in [6.45, 7) is 3.05. The fourth-order valence-corrected chi connectivity index (χ4v) is 3.39. The average Bonchev–Trinajstić information content (AvgIpc) is 2.88. The highest BCUT2D eigenvalue weighted by Crippen LogP contribution is 2.27. The van der Waals surface area contributed by atoms with Gasteiger partial charge in [0.2, 0.25) is 0 Å². The number of rotatable bonds is 6. The molecule has 0 aliphatic heterocycles. The predicted molar refractivity (Wildman–Crippen MR) is 86.7 cm³/mol. The van der Waals surface area contributed by atoms with E-state index in [1.807, 2.05) is 0 Å². The van der Waals surface area contributed by atoms with Crippen molar-refractivity contribution >= 4 is 15.9 Å². The molecule has 112 valence electrons. The van der Waals surface area contributed by atoms with E-state index in [-0.39, 0.29) is 12.1 Å². The van der Waals surface area contributed by atoms with Crippen LogP contribution in [0.15, 0.2) is 28.7 Å². The molecular formula is C16H25BrN2O. The van der Waals surface area contributed by atoms with Gasteiger partial charge in [-0.25, -0.2) is 0 Å². The van der Waals surface area contributed by atoms with Crippen LogP contribution in [0.5, 0.6) is 0 Å². The van der Waals surface area contributed by atoms with Gasteiger partial charge in [-0.3, -0.25) is 0 Å². The lowest BCUT2D eigenvalue weighted by Gasteiger charge is -2.35. The van der Waals surface area contributed by atoms with Crippen LogP contribution in [-0.2, 0) is 6.42 Å². The molecule has 3 nitrogen and oxygen atoms in total. The van der Waals surface area contributed by atoms with Gasteiger partial charge in [0.05, 0.1) is 0 Å². The number of aliphatic hydroxyl groups excluding tert-OH is 1. The second-order valence-electron chi connectivity index (χ2n) is 6.19. The van der Waals surface area contributed by atoms with Crippen molar-refractivity contribution in [2.45, 2.75) is 44.2 Å². The van der Waals surface area contributed by atoms with E-state index in [1.165, 1.54) is 12.0 Å². The monoisotopic (exact) mass is 340 g/mol. The minimum absolute atomic E-state index is 0.115. The van der Waals surface area contributed by atoms with Gasteiger partial charge < -0.3 is 16.2 Å². The second-order valence-corrected chi connectivity index (χ2v) is 7.11. The molecule has 0 saturated heterocycles. The third-order valence-corrected chi connectivity index (χ3v) is 4.91. The molecule has 0 aromatic heterocycles. The normalized spacial score (nSPS) is 25.6. The highest BCUT2D eigenvalue weighted by atomic mass is 79.9. The van der Waals surface area contributed by atoms with Crippen LogP contribution in [0.3, 0.4) is 0 Å². The fourth-order valence-electron chi connectivity index (χ4n) is 3.13. The molecule has 0 amide bonds. The molecule has 4 N–H and O–H groups in total. The van der Waals surface area contributed by atoms with Gasteiger partial charge in [0, 0.05) is 29.2 Å². The van der Waals surface area contributed by atoms with Gasteiger partial charge in [-0.15, -0.1) is 0 Å². The maximum atomic E-state index is 9.45. The molecule has 3 unspecified atom stereocenters.